The fraction of sp³-hybridized carbons (Fsp3) is 0.111. The van der Waals surface area contributed by atoms with Crippen LogP contribution in [0.1, 0.15) is 27.6 Å². The van der Waals surface area contributed by atoms with Gasteiger partial charge in [-0.1, -0.05) is 18.2 Å². The molecule has 2 N–H and O–H groups in total. The van der Waals surface area contributed by atoms with Crippen LogP contribution in [0, 0.1) is 0 Å². The molecule has 3 amide bonds. The van der Waals surface area contributed by atoms with Gasteiger partial charge in [0, 0.05) is 0 Å². The van der Waals surface area contributed by atoms with Crippen LogP contribution >= 0.6 is 0 Å². The van der Waals surface area contributed by atoms with Crippen molar-refractivity contribution in [2.45, 2.75) is 13.0 Å². The summed E-state index contributed by atoms with van der Waals surface area (Å²) < 4.78 is 4.95. The Hall–Kier alpha value is -3.68. The smallest absolute Gasteiger partial charge is 0.408 e. The number of hydrogen-bond acceptors (Lipinski definition) is 5. The summed E-state index contributed by atoms with van der Waals surface area (Å²) in [6.07, 6.45) is 0. The maximum absolute atomic E-state index is 12.6. The molecule has 26 heavy (non-hydrogen) atoms. The predicted molar refractivity (Wildman–Crippen MR) is 91.9 cm³/mol. The SMILES string of the molecule is CC(C(=O)Nc1cccc2oc(=O)[nH]c12)N1C(=O)c2ccccc2C1=O. The number of fused-ring (bicyclic) bond motifs is 2. The van der Waals surface area contributed by atoms with Crippen LogP contribution in [0.4, 0.5) is 5.69 Å². The fourth-order valence-corrected chi connectivity index (χ4v) is 2.99. The number of carbonyl (C=O) groups is 3. The number of H-pyrrole nitrogens is 1. The van der Waals surface area contributed by atoms with Crippen LogP contribution in [0.2, 0.25) is 0 Å². The van der Waals surface area contributed by atoms with Crippen LogP contribution in [0.25, 0.3) is 11.1 Å². The molecule has 0 aliphatic carbocycles. The van der Waals surface area contributed by atoms with Crippen molar-refractivity contribution in [3.8, 4) is 0 Å². The van der Waals surface area contributed by atoms with Gasteiger partial charge in [-0.2, -0.15) is 0 Å². The number of oxazole rings is 1. The highest BCUT2D eigenvalue weighted by Crippen LogP contribution is 2.26. The zero-order valence-electron chi connectivity index (χ0n) is 13.6. The Morgan fingerprint density at radius 3 is 2.35 bits per heavy atom. The van der Waals surface area contributed by atoms with Crippen molar-refractivity contribution < 1.29 is 18.8 Å². The molecule has 0 saturated carbocycles. The number of nitrogens with one attached hydrogen (secondary N) is 2. The van der Waals surface area contributed by atoms with Gasteiger partial charge in [0.15, 0.2) is 5.58 Å². The van der Waals surface area contributed by atoms with Crippen LogP contribution in [0.5, 0.6) is 0 Å². The van der Waals surface area contributed by atoms with E-state index in [0.717, 1.165) is 4.90 Å². The Balaban J connectivity index is 1.62. The number of imide groups is 1. The number of carbonyl (C=O) groups excluding carboxylic acids is 3. The summed E-state index contributed by atoms with van der Waals surface area (Å²) in [5.74, 6) is -2.23. The van der Waals surface area contributed by atoms with Crippen LogP contribution < -0.4 is 11.1 Å². The molecule has 8 heteroatoms. The van der Waals surface area contributed by atoms with E-state index in [0.29, 0.717) is 16.8 Å². The molecule has 1 unspecified atom stereocenters. The van der Waals surface area contributed by atoms with E-state index in [-0.39, 0.29) is 11.1 Å². The van der Waals surface area contributed by atoms with Gasteiger partial charge in [0.05, 0.1) is 16.8 Å². The van der Waals surface area contributed by atoms with E-state index in [9.17, 15) is 19.2 Å². The molecular weight excluding hydrogens is 338 g/mol. The first-order valence-electron chi connectivity index (χ1n) is 7.87. The van der Waals surface area contributed by atoms with Crippen LogP contribution in [0.3, 0.4) is 0 Å². The van der Waals surface area contributed by atoms with E-state index in [1.54, 1.807) is 42.5 Å². The first-order valence-corrected chi connectivity index (χ1v) is 7.87. The molecule has 0 bridgehead atoms. The lowest BCUT2D eigenvalue weighted by Crippen LogP contribution is -2.45. The minimum absolute atomic E-state index is 0.276. The highest BCUT2D eigenvalue weighted by molar-refractivity contribution is 6.23. The van der Waals surface area contributed by atoms with Gasteiger partial charge in [0.1, 0.15) is 11.6 Å². The van der Waals surface area contributed by atoms with Crippen LogP contribution in [-0.4, -0.2) is 33.6 Å². The van der Waals surface area contributed by atoms with Gasteiger partial charge in [-0.25, -0.2) is 4.79 Å². The summed E-state index contributed by atoms with van der Waals surface area (Å²) in [6.45, 7) is 1.47. The predicted octanol–water partition coefficient (Wildman–Crippen LogP) is 1.74. The fourth-order valence-electron chi connectivity index (χ4n) is 2.99. The maximum Gasteiger partial charge on any atom is 0.417 e. The van der Waals surface area contributed by atoms with Crippen molar-refractivity contribution >= 4 is 34.5 Å². The van der Waals surface area contributed by atoms with Crippen molar-refractivity contribution in [2.24, 2.45) is 0 Å². The molecule has 0 saturated heterocycles. The topological polar surface area (TPSA) is 112 Å². The third-order valence-electron chi connectivity index (χ3n) is 4.31. The molecule has 1 atom stereocenters. The molecule has 8 nitrogen and oxygen atoms in total. The summed E-state index contributed by atoms with van der Waals surface area (Å²) in [5, 5.41) is 2.63. The highest BCUT2D eigenvalue weighted by Gasteiger charge is 2.40. The van der Waals surface area contributed by atoms with E-state index in [1.807, 2.05) is 0 Å². The Kier molecular flexibility index (Phi) is 3.47. The number of hydrogen-bond donors (Lipinski definition) is 2. The normalized spacial score (nSPS) is 14.6. The first kappa shape index (κ1) is 15.8. The Morgan fingerprint density at radius 2 is 1.69 bits per heavy atom. The van der Waals surface area contributed by atoms with E-state index in [1.165, 1.54) is 6.92 Å². The third kappa shape index (κ3) is 2.31. The van der Waals surface area contributed by atoms with Gasteiger partial charge in [0.25, 0.3) is 11.8 Å². The molecular formula is C18H13N3O5. The summed E-state index contributed by atoms with van der Waals surface area (Å²) in [5.41, 5.74) is 1.50. The summed E-state index contributed by atoms with van der Waals surface area (Å²) >= 11 is 0. The lowest BCUT2D eigenvalue weighted by molar-refractivity contribution is -0.119. The van der Waals surface area contributed by atoms with E-state index in [4.69, 9.17) is 4.42 Å². The molecule has 0 radical (unpaired) electrons. The molecule has 130 valence electrons. The molecule has 3 aromatic rings. The average Bonchev–Trinajstić information content (AvgIpc) is 3.13. The summed E-state index contributed by atoms with van der Waals surface area (Å²) in [6, 6.07) is 10.2. The van der Waals surface area contributed by atoms with Gasteiger partial charge >= 0.3 is 5.76 Å². The van der Waals surface area contributed by atoms with Crippen LogP contribution in [0.15, 0.2) is 51.7 Å². The van der Waals surface area contributed by atoms with Crippen molar-refractivity contribution in [1.29, 1.82) is 0 Å². The maximum atomic E-state index is 12.6. The number of aromatic amines is 1. The molecule has 0 spiro atoms. The number of nitrogens with zero attached hydrogens (tertiary/aromatic N) is 1. The second-order valence-electron chi connectivity index (χ2n) is 5.88. The Labute approximate surface area is 146 Å². The zero-order valence-corrected chi connectivity index (χ0v) is 13.6. The molecule has 4 rings (SSSR count). The molecule has 0 fully saturated rings. The largest absolute Gasteiger partial charge is 0.417 e. The van der Waals surface area contributed by atoms with Crippen molar-refractivity contribution in [1.82, 2.24) is 9.88 Å². The van der Waals surface area contributed by atoms with Gasteiger partial charge in [-0.05, 0) is 31.2 Å². The van der Waals surface area contributed by atoms with E-state index < -0.39 is 29.5 Å². The van der Waals surface area contributed by atoms with E-state index >= 15 is 0 Å². The summed E-state index contributed by atoms with van der Waals surface area (Å²) in [7, 11) is 0. The van der Waals surface area contributed by atoms with Gasteiger partial charge in [-0.3, -0.25) is 24.3 Å². The third-order valence-corrected chi connectivity index (χ3v) is 4.31. The number of aromatic nitrogens is 1. The van der Waals surface area contributed by atoms with Crippen molar-refractivity contribution in [3.63, 3.8) is 0 Å². The van der Waals surface area contributed by atoms with Gasteiger partial charge < -0.3 is 9.73 Å². The molecule has 1 aliphatic heterocycles. The Bertz CT molecular complexity index is 1090. The average molecular weight is 351 g/mol. The number of rotatable bonds is 3. The molecule has 2 aromatic carbocycles. The number of benzene rings is 2. The Morgan fingerprint density at radius 1 is 1.04 bits per heavy atom. The number of anilines is 1. The summed E-state index contributed by atoms with van der Waals surface area (Å²) in [4.78, 5) is 52.3. The second kappa shape index (κ2) is 5.69. The van der Waals surface area contributed by atoms with Gasteiger partial charge in [-0.15, -0.1) is 0 Å². The monoisotopic (exact) mass is 351 g/mol. The number of para-hydroxylation sites is 1. The second-order valence-corrected chi connectivity index (χ2v) is 5.88. The van der Waals surface area contributed by atoms with Gasteiger partial charge in [0.2, 0.25) is 5.91 Å². The minimum atomic E-state index is -1.03. The van der Waals surface area contributed by atoms with Crippen LogP contribution in [-0.2, 0) is 4.79 Å². The molecule has 2 heterocycles. The minimum Gasteiger partial charge on any atom is -0.408 e. The lowest BCUT2D eigenvalue weighted by atomic mass is 10.1. The zero-order chi connectivity index (χ0) is 18.4. The number of amides is 3. The van der Waals surface area contributed by atoms with Crippen molar-refractivity contribution in [2.75, 3.05) is 5.32 Å². The molecule has 1 aromatic heterocycles. The highest BCUT2D eigenvalue weighted by atomic mass is 16.4. The standard InChI is InChI=1S/C18H13N3O5/c1-9(21-16(23)10-5-2-3-6-11(10)17(21)24)15(22)19-12-7-4-8-13-14(12)20-18(25)26-13/h2-9H,1H3,(H,19,22)(H,20,25). The lowest BCUT2D eigenvalue weighted by Gasteiger charge is -2.21. The quantitative estimate of drug-likeness (QED) is 0.698. The first-order chi connectivity index (χ1) is 12.5. The van der Waals surface area contributed by atoms with E-state index in [2.05, 4.69) is 10.3 Å². The van der Waals surface area contributed by atoms with Crippen molar-refractivity contribution in [3.05, 3.63) is 64.1 Å². The molecule has 1 aliphatic rings.